The third kappa shape index (κ3) is 6.23. The van der Waals surface area contributed by atoms with E-state index < -0.39 is 21.7 Å². The molecule has 0 aliphatic heterocycles. The number of thiazole rings is 1. The fourth-order valence-corrected chi connectivity index (χ4v) is 4.43. The lowest BCUT2D eigenvalue weighted by molar-refractivity contribution is -0.129. The van der Waals surface area contributed by atoms with Crippen LogP contribution in [0.4, 0.5) is 14.3 Å². The predicted molar refractivity (Wildman–Crippen MR) is 115 cm³/mol. The van der Waals surface area contributed by atoms with Gasteiger partial charge in [0.2, 0.25) is 5.91 Å². The summed E-state index contributed by atoms with van der Waals surface area (Å²) in [6.45, 7) is 6.12. The molecule has 0 unspecified atom stereocenters. The zero-order chi connectivity index (χ0) is 22.6. The number of nitrogens with one attached hydrogen (secondary N) is 2. The predicted octanol–water partition coefficient (Wildman–Crippen LogP) is 2.90. The fraction of sp³-hybridized carbons (Fsp3) is 0.421. The van der Waals surface area contributed by atoms with Crippen LogP contribution in [0.2, 0.25) is 0 Å². The SMILES string of the molecule is Cc1nc(NC(=O)NCC(=O)N(C)CC(C)C)sc1-c1ccc(S(C)(=O)=O)c(F)c1. The van der Waals surface area contributed by atoms with Crippen molar-refractivity contribution < 1.29 is 22.4 Å². The van der Waals surface area contributed by atoms with Crippen molar-refractivity contribution in [3.05, 3.63) is 29.7 Å². The zero-order valence-electron chi connectivity index (χ0n) is 17.4. The Kier molecular flexibility index (Phi) is 7.54. The lowest BCUT2D eigenvalue weighted by atomic mass is 10.1. The monoisotopic (exact) mass is 456 g/mol. The number of benzene rings is 1. The minimum Gasteiger partial charge on any atom is -0.344 e. The highest BCUT2D eigenvalue weighted by Crippen LogP contribution is 2.34. The molecule has 8 nitrogen and oxygen atoms in total. The van der Waals surface area contributed by atoms with Crippen LogP contribution in [0, 0.1) is 18.7 Å². The number of likely N-dealkylation sites (N-methyl/N-ethyl adjacent to an activating group) is 1. The summed E-state index contributed by atoms with van der Waals surface area (Å²) in [5.74, 6) is -0.740. The van der Waals surface area contributed by atoms with Crippen LogP contribution in [-0.4, -0.2) is 56.6 Å². The number of aromatic nitrogens is 1. The van der Waals surface area contributed by atoms with Gasteiger partial charge in [0.15, 0.2) is 15.0 Å². The number of amides is 3. The normalized spacial score (nSPS) is 11.4. The van der Waals surface area contributed by atoms with Crippen LogP contribution in [0.15, 0.2) is 23.1 Å². The molecule has 0 saturated heterocycles. The molecule has 3 amide bonds. The molecule has 1 heterocycles. The number of sulfone groups is 1. The summed E-state index contributed by atoms with van der Waals surface area (Å²) < 4.78 is 37.3. The van der Waals surface area contributed by atoms with Gasteiger partial charge in [-0.1, -0.05) is 31.3 Å². The Labute approximate surface area is 179 Å². The Morgan fingerprint density at radius 2 is 1.97 bits per heavy atom. The summed E-state index contributed by atoms with van der Waals surface area (Å²) in [6, 6.07) is 3.25. The molecular formula is C19H25FN4O4S2. The third-order valence-corrected chi connectivity index (χ3v) is 6.33. The van der Waals surface area contributed by atoms with Crippen molar-refractivity contribution in [3.8, 4) is 10.4 Å². The number of urea groups is 1. The van der Waals surface area contributed by atoms with Gasteiger partial charge in [-0.25, -0.2) is 22.6 Å². The number of carbonyl (C=O) groups excluding carboxylic acids is 2. The number of nitrogens with zero attached hydrogens (tertiary/aromatic N) is 2. The summed E-state index contributed by atoms with van der Waals surface area (Å²) in [5.41, 5.74) is 1.00. The molecule has 30 heavy (non-hydrogen) atoms. The average molecular weight is 457 g/mol. The van der Waals surface area contributed by atoms with E-state index in [9.17, 15) is 22.4 Å². The number of hydrogen-bond donors (Lipinski definition) is 2. The molecule has 2 N–H and O–H groups in total. The summed E-state index contributed by atoms with van der Waals surface area (Å²) in [5, 5.41) is 5.31. The summed E-state index contributed by atoms with van der Waals surface area (Å²) in [6.07, 6.45) is 0.939. The number of hydrogen-bond acceptors (Lipinski definition) is 6. The lowest BCUT2D eigenvalue weighted by Gasteiger charge is -2.19. The number of halogens is 1. The lowest BCUT2D eigenvalue weighted by Crippen LogP contribution is -2.41. The van der Waals surface area contributed by atoms with Crippen molar-refractivity contribution in [2.45, 2.75) is 25.7 Å². The zero-order valence-corrected chi connectivity index (χ0v) is 19.1. The molecule has 0 fully saturated rings. The molecule has 0 saturated carbocycles. The fourth-order valence-electron chi connectivity index (χ4n) is 2.74. The van der Waals surface area contributed by atoms with Crippen LogP contribution >= 0.6 is 11.3 Å². The quantitative estimate of drug-likeness (QED) is 0.666. The van der Waals surface area contributed by atoms with Gasteiger partial charge in [0.05, 0.1) is 17.1 Å². The second-order valence-corrected chi connectivity index (χ2v) is 10.3. The van der Waals surface area contributed by atoms with E-state index in [2.05, 4.69) is 15.6 Å². The van der Waals surface area contributed by atoms with Gasteiger partial charge in [0, 0.05) is 19.8 Å². The molecule has 2 rings (SSSR count). The Hall–Kier alpha value is -2.53. The molecule has 0 radical (unpaired) electrons. The molecule has 1 aromatic heterocycles. The standard InChI is InChI=1S/C19H25FN4O4S2/c1-11(2)10-24(4)16(25)9-21-18(26)23-19-22-12(3)17(29-19)13-6-7-15(14(20)8-13)30(5,27)28/h6-8,11H,9-10H2,1-5H3,(H2,21,22,23,26). The van der Waals surface area contributed by atoms with E-state index in [1.54, 1.807) is 18.9 Å². The van der Waals surface area contributed by atoms with Gasteiger partial charge < -0.3 is 10.2 Å². The smallest absolute Gasteiger partial charge is 0.321 e. The maximum atomic E-state index is 14.2. The van der Waals surface area contributed by atoms with Crippen LogP contribution in [0.25, 0.3) is 10.4 Å². The highest BCUT2D eigenvalue weighted by atomic mass is 32.2. The van der Waals surface area contributed by atoms with E-state index in [1.165, 1.54) is 12.1 Å². The van der Waals surface area contributed by atoms with Gasteiger partial charge >= 0.3 is 6.03 Å². The second kappa shape index (κ2) is 9.52. The Bertz CT molecular complexity index is 1050. The van der Waals surface area contributed by atoms with E-state index in [4.69, 9.17) is 0 Å². The largest absolute Gasteiger partial charge is 0.344 e. The van der Waals surface area contributed by atoms with E-state index in [0.717, 1.165) is 23.7 Å². The molecule has 0 aliphatic carbocycles. The van der Waals surface area contributed by atoms with Crippen molar-refractivity contribution in [1.29, 1.82) is 0 Å². The van der Waals surface area contributed by atoms with Gasteiger partial charge in [-0.15, -0.1) is 0 Å². The van der Waals surface area contributed by atoms with Crippen LogP contribution in [0.1, 0.15) is 19.5 Å². The first-order chi connectivity index (χ1) is 13.9. The summed E-state index contributed by atoms with van der Waals surface area (Å²) in [7, 11) is -1.99. The highest BCUT2D eigenvalue weighted by Gasteiger charge is 2.18. The Morgan fingerprint density at radius 3 is 2.53 bits per heavy atom. The number of carbonyl (C=O) groups is 2. The Balaban J connectivity index is 2.05. The summed E-state index contributed by atoms with van der Waals surface area (Å²) in [4.78, 5) is 30.1. The average Bonchev–Trinajstić information content (AvgIpc) is 2.97. The molecule has 0 bridgehead atoms. The van der Waals surface area contributed by atoms with Crippen LogP contribution in [0.3, 0.4) is 0 Å². The summed E-state index contributed by atoms with van der Waals surface area (Å²) >= 11 is 1.12. The number of anilines is 1. The number of rotatable bonds is 7. The first kappa shape index (κ1) is 23.7. The van der Waals surface area contributed by atoms with Crippen molar-refractivity contribution in [3.63, 3.8) is 0 Å². The van der Waals surface area contributed by atoms with Crippen molar-refractivity contribution in [1.82, 2.24) is 15.2 Å². The Morgan fingerprint density at radius 1 is 1.30 bits per heavy atom. The molecule has 0 aliphatic rings. The molecule has 164 valence electrons. The van der Waals surface area contributed by atoms with E-state index >= 15 is 0 Å². The highest BCUT2D eigenvalue weighted by molar-refractivity contribution is 7.90. The third-order valence-electron chi connectivity index (χ3n) is 4.08. The van der Waals surface area contributed by atoms with Crippen molar-refractivity contribution in [2.75, 3.05) is 31.7 Å². The molecule has 11 heteroatoms. The van der Waals surface area contributed by atoms with E-state index in [-0.39, 0.29) is 22.5 Å². The van der Waals surface area contributed by atoms with Crippen LogP contribution < -0.4 is 10.6 Å². The van der Waals surface area contributed by atoms with Gasteiger partial charge in [-0.2, -0.15) is 0 Å². The maximum Gasteiger partial charge on any atom is 0.321 e. The minimum absolute atomic E-state index is 0.148. The van der Waals surface area contributed by atoms with Crippen LogP contribution in [-0.2, 0) is 14.6 Å². The molecule has 0 atom stereocenters. The van der Waals surface area contributed by atoms with Gasteiger partial charge in [-0.3, -0.25) is 10.1 Å². The molecular weight excluding hydrogens is 431 g/mol. The molecule has 0 spiro atoms. The first-order valence-electron chi connectivity index (χ1n) is 9.14. The molecule has 1 aromatic carbocycles. The second-order valence-electron chi connectivity index (χ2n) is 7.33. The van der Waals surface area contributed by atoms with Gasteiger partial charge in [0.25, 0.3) is 0 Å². The van der Waals surface area contributed by atoms with E-state index in [1.807, 2.05) is 13.8 Å². The van der Waals surface area contributed by atoms with Crippen LogP contribution in [0.5, 0.6) is 0 Å². The van der Waals surface area contributed by atoms with E-state index in [0.29, 0.717) is 28.6 Å². The number of aryl methyl sites for hydroxylation is 1. The minimum atomic E-state index is -3.66. The maximum absolute atomic E-state index is 14.2. The first-order valence-corrected chi connectivity index (χ1v) is 11.9. The van der Waals surface area contributed by atoms with Crippen molar-refractivity contribution >= 4 is 38.2 Å². The topological polar surface area (TPSA) is 108 Å². The molecule has 2 aromatic rings. The van der Waals surface area contributed by atoms with Crippen molar-refractivity contribution in [2.24, 2.45) is 5.92 Å². The van der Waals surface area contributed by atoms with Gasteiger partial charge in [0.1, 0.15) is 10.7 Å². The van der Waals surface area contributed by atoms with Gasteiger partial charge in [-0.05, 0) is 30.5 Å².